The maximum Gasteiger partial charge on any atom is 0.270 e. The third-order valence-corrected chi connectivity index (χ3v) is 7.28. The zero-order chi connectivity index (χ0) is 23.0. The number of hydrogen-bond acceptors (Lipinski definition) is 5. The average molecular weight is 461 g/mol. The highest BCUT2D eigenvalue weighted by Gasteiger charge is 2.34. The van der Waals surface area contributed by atoms with Gasteiger partial charge in [0.25, 0.3) is 5.91 Å². The lowest BCUT2D eigenvalue weighted by Gasteiger charge is -2.38. The van der Waals surface area contributed by atoms with E-state index in [1.807, 2.05) is 35.5 Å². The van der Waals surface area contributed by atoms with Gasteiger partial charge in [0.2, 0.25) is 0 Å². The molecule has 1 saturated heterocycles. The van der Waals surface area contributed by atoms with E-state index in [1.54, 1.807) is 11.3 Å². The first-order valence-electron chi connectivity index (χ1n) is 11.2. The number of nitrogens with one attached hydrogen (secondary N) is 1. The molecule has 1 aliphatic heterocycles. The van der Waals surface area contributed by atoms with Crippen molar-refractivity contribution in [1.82, 2.24) is 19.9 Å². The third kappa shape index (κ3) is 4.43. The molecule has 4 heterocycles. The van der Waals surface area contributed by atoms with Gasteiger partial charge in [-0.1, -0.05) is 38.1 Å². The average Bonchev–Trinajstić information content (AvgIpc) is 3.46. The number of ether oxygens (including phenoxy) is 1. The fourth-order valence-corrected chi connectivity index (χ4v) is 5.09. The highest BCUT2D eigenvalue weighted by atomic mass is 32.1. The summed E-state index contributed by atoms with van der Waals surface area (Å²) in [4.78, 5) is 22.3. The normalized spacial score (nSPS) is 17.8. The predicted molar refractivity (Wildman–Crippen MR) is 132 cm³/mol. The maximum absolute atomic E-state index is 13.2. The summed E-state index contributed by atoms with van der Waals surface area (Å²) in [7, 11) is 1.96. The molecule has 1 N–H and O–H groups in total. The van der Waals surface area contributed by atoms with E-state index in [0.717, 1.165) is 40.0 Å². The molecule has 1 aromatic carbocycles. The zero-order valence-electron chi connectivity index (χ0n) is 19.2. The van der Waals surface area contributed by atoms with Crippen LogP contribution < -0.4 is 5.32 Å². The molecule has 0 bridgehead atoms. The van der Waals surface area contributed by atoms with Crippen LogP contribution in [0.5, 0.6) is 0 Å². The molecule has 4 aromatic rings. The van der Waals surface area contributed by atoms with Crippen molar-refractivity contribution in [3.05, 3.63) is 71.0 Å². The number of rotatable bonds is 5. The number of aromatic nitrogens is 3. The Morgan fingerprint density at radius 2 is 2.09 bits per heavy atom. The van der Waals surface area contributed by atoms with Crippen LogP contribution in [0.3, 0.4) is 0 Å². The molecule has 1 amide bonds. The molecule has 0 spiro atoms. The number of thiazole rings is 1. The summed E-state index contributed by atoms with van der Waals surface area (Å²) in [6.45, 7) is 5.57. The summed E-state index contributed by atoms with van der Waals surface area (Å²) < 4.78 is 7.58. The molecule has 6 nitrogen and oxygen atoms in total. The number of aryl methyl sites for hydroxylation is 1. The van der Waals surface area contributed by atoms with Gasteiger partial charge in [0, 0.05) is 53.8 Å². The number of carbonyl (C=O) groups is 1. The van der Waals surface area contributed by atoms with E-state index in [-0.39, 0.29) is 17.4 Å². The molecule has 33 heavy (non-hydrogen) atoms. The minimum atomic E-state index is -0.126. The largest absolute Gasteiger partial charge is 0.381 e. The second-order valence-electron chi connectivity index (χ2n) is 9.40. The minimum absolute atomic E-state index is 0.0616. The van der Waals surface area contributed by atoms with Crippen molar-refractivity contribution in [2.45, 2.75) is 32.7 Å². The molecular formula is C26H28N4O2S. The van der Waals surface area contributed by atoms with Gasteiger partial charge < -0.3 is 14.6 Å². The van der Waals surface area contributed by atoms with Crippen molar-refractivity contribution in [1.29, 1.82) is 0 Å². The van der Waals surface area contributed by atoms with Crippen LogP contribution in [0.2, 0.25) is 0 Å². The minimum Gasteiger partial charge on any atom is -0.381 e. The molecule has 170 valence electrons. The lowest BCUT2D eigenvalue weighted by Crippen LogP contribution is -2.50. The molecule has 0 saturated carbocycles. The number of nitrogens with zero attached hydrogens (tertiary/aromatic N) is 3. The van der Waals surface area contributed by atoms with Crippen molar-refractivity contribution >= 4 is 28.3 Å². The van der Waals surface area contributed by atoms with Crippen LogP contribution in [0.1, 0.15) is 41.9 Å². The van der Waals surface area contributed by atoms with Gasteiger partial charge in [-0.3, -0.25) is 4.79 Å². The topological polar surface area (TPSA) is 69.0 Å². The lowest BCUT2D eigenvalue weighted by molar-refractivity contribution is -0.0116. The second kappa shape index (κ2) is 8.72. The molecule has 1 fully saturated rings. The van der Waals surface area contributed by atoms with Gasteiger partial charge in [0.05, 0.1) is 6.61 Å². The summed E-state index contributed by atoms with van der Waals surface area (Å²) in [5.41, 5.74) is 4.57. The van der Waals surface area contributed by atoms with Crippen LogP contribution in [0.4, 0.5) is 0 Å². The lowest BCUT2D eigenvalue weighted by atomic mass is 9.82. The number of carbonyl (C=O) groups excluding carboxylic acids is 1. The van der Waals surface area contributed by atoms with E-state index < -0.39 is 0 Å². The molecule has 5 rings (SSSR count). The molecular weight excluding hydrogens is 432 g/mol. The molecule has 1 atom stereocenters. The van der Waals surface area contributed by atoms with Gasteiger partial charge in [-0.2, -0.15) is 0 Å². The van der Waals surface area contributed by atoms with Crippen molar-refractivity contribution in [2.75, 3.05) is 13.2 Å². The molecule has 7 heteroatoms. The second-order valence-corrected chi connectivity index (χ2v) is 10.3. The van der Waals surface area contributed by atoms with Crippen molar-refractivity contribution in [3.8, 4) is 10.6 Å². The summed E-state index contributed by atoms with van der Waals surface area (Å²) in [6, 6.07) is 12.6. The van der Waals surface area contributed by atoms with Crippen LogP contribution in [-0.4, -0.2) is 39.7 Å². The number of hydrogen-bond donors (Lipinski definition) is 1. The van der Waals surface area contributed by atoms with E-state index in [1.165, 1.54) is 5.56 Å². The Kier molecular flexibility index (Phi) is 5.76. The summed E-state index contributed by atoms with van der Waals surface area (Å²) >= 11 is 1.64. The first kappa shape index (κ1) is 21.8. The summed E-state index contributed by atoms with van der Waals surface area (Å²) in [5.74, 6) is -0.126. The van der Waals surface area contributed by atoms with E-state index in [2.05, 4.69) is 54.5 Å². The van der Waals surface area contributed by atoms with E-state index >= 15 is 0 Å². The quantitative estimate of drug-likeness (QED) is 0.463. The first-order valence-corrected chi connectivity index (χ1v) is 12.1. The van der Waals surface area contributed by atoms with E-state index in [9.17, 15) is 4.79 Å². The van der Waals surface area contributed by atoms with Gasteiger partial charge in [-0.05, 0) is 36.1 Å². The van der Waals surface area contributed by atoms with Gasteiger partial charge >= 0.3 is 0 Å². The van der Waals surface area contributed by atoms with Crippen LogP contribution in [-0.2, 0) is 18.2 Å². The van der Waals surface area contributed by atoms with Crippen molar-refractivity contribution in [2.24, 2.45) is 12.5 Å². The van der Waals surface area contributed by atoms with Gasteiger partial charge in [-0.15, -0.1) is 11.3 Å². The number of pyridine rings is 1. The Bertz CT molecular complexity index is 1280. The molecule has 3 aromatic heterocycles. The van der Waals surface area contributed by atoms with Gasteiger partial charge in [0.15, 0.2) is 0 Å². The highest BCUT2D eigenvalue weighted by molar-refractivity contribution is 7.13. The van der Waals surface area contributed by atoms with Crippen molar-refractivity contribution < 1.29 is 9.53 Å². The van der Waals surface area contributed by atoms with Crippen LogP contribution in [0, 0.1) is 5.41 Å². The number of amides is 1. The first-order chi connectivity index (χ1) is 15.9. The van der Waals surface area contributed by atoms with E-state index in [0.29, 0.717) is 18.9 Å². The van der Waals surface area contributed by atoms with Crippen LogP contribution in [0.25, 0.3) is 21.6 Å². The maximum atomic E-state index is 13.2. The Labute approximate surface area is 197 Å². The van der Waals surface area contributed by atoms with Crippen LogP contribution in [0.15, 0.2) is 54.2 Å². The smallest absolute Gasteiger partial charge is 0.270 e. The summed E-state index contributed by atoms with van der Waals surface area (Å²) in [6.07, 6.45) is 5.36. The standard InChI is InChI=1S/C26H28N4O2S/c1-26(2)16-32-12-9-22(26)29-24(31)21-15-19(20-8-11-30(3)23(20)28-21)14-17-4-6-18(7-5-17)25-27-10-13-33-25/h4-8,10-11,13,15,22H,9,12,14,16H2,1-3H3,(H,29,31). The Balaban J connectivity index is 1.43. The highest BCUT2D eigenvalue weighted by Crippen LogP contribution is 2.29. The number of fused-ring (bicyclic) bond motifs is 1. The van der Waals surface area contributed by atoms with E-state index in [4.69, 9.17) is 9.72 Å². The number of benzene rings is 1. The molecule has 0 aliphatic carbocycles. The fraction of sp³-hybridized carbons (Fsp3) is 0.346. The Morgan fingerprint density at radius 1 is 1.27 bits per heavy atom. The Hall–Kier alpha value is -3.03. The van der Waals surface area contributed by atoms with Gasteiger partial charge in [-0.25, -0.2) is 9.97 Å². The van der Waals surface area contributed by atoms with Gasteiger partial charge in [0.1, 0.15) is 16.3 Å². The predicted octanol–water partition coefficient (Wildman–Crippen LogP) is 4.83. The van der Waals surface area contributed by atoms with Crippen LogP contribution >= 0.6 is 11.3 Å². The molecule has 1 unspecified atom stereocenters. The molecule has 0 radical (unpaired) electrons. The van der Waals surface area contributed by atoms with Crippen molar-refractivity contribution in [3.63, 3.8) is 0 Å². The summed E-state index contributed by atoms with van der Waals surface area (Å²) in [5, 5.41) is 7.30. The SMILES string of the molecule is Cn1ccc2c(Cc3ccc(-c4nccs4)cc3)cc(C(=O)NC3CCOCC3(C)C)nc21. The Morgan fingerprint density at radius 3 is 2.82 bits per heavy atom. The fourth-order valence-electron chi connectivity index (χ4n) is 4.44. The third-order valence-electron chi connectivity index (χ3n) is 6.46. The zero-order valence-corrected chi connectivity index (χ0v) is 20.0. The monoisotopic (exact) mass is 460 g/mol. The molecule has 1 aliphatic rings.